The van der Waals surface area contributed by atoms with E-state index in [1.54, 1.807) is 32.9 Å². The molecule has 230 valence electrons. The normalized spacial score (nSPS) is 19.6. The first-order valence-corrected chi connectivity index (χ1v) is 16.4. The Morgan fingerprint density at radius 3 is 2.51 bits per heavy atom. The summed E-state index contributed by atoms with van der Waals surface area (Å²) in [6.07, 6.45) is -0.387. The molecule has 1 amide bonds. The number of sulfonamides is 2. The van der Waals surface area contributed by atoms with Gasteiger partial charge >= 0.3 is 6.09 Å². The van der Waals surface area contributed by atoms with Crippen LogP contribution in [0.25, 0.3) is 5.76 Å². The van der Waals surface area contributed by atoms with E-state index in [4.69, 9.17) is 4.74 Å². The molecule has 12 nitrogen and oxygen atoms in total. The summed E-state index contributed by atoms with van der Waals surface area (Å²) < 4.78 is 64.0. The van der Waals surface area contributed by atoms with E-state index in [9.17, 15) is 31.5 Å². The van der Waals surface area contributed by atoms with E-state index < -0.39 is 60.2 Å². The van der Waals surface area contributed by atoms with E-state index in [2.05, 4.69) is 26.3 Å². The molecule has 1 aliphatic carbocycles. The number of carbonyl (C=O) groups is 2. The van der Waals surface area contributed by atoms with E-state index in [1.165, 1.54) is 30.3 Å². The Morgan fingerprint density at radius 2 is 1.88 bits per heavy atom. The number of ketones is 1. The molecule has 1 heterocycles. The third-order valence-corrected chi connectivity index (χ3v) is 9.12. The number of rotatable bonds is 8. The molecule has 43 heavy (non-hydrogen) atoms. The van der Waals surface area contributed by atoms with E-state index in [0.29, 0.717) is 11.8 Å². The topological polar surface area (TPSA) is 180 Å². The summed E-state index contributed by atoms with van der Waals surface area (Å²) in [4.78, 5) is 26.3. The van der Waals surface area contributed by atoms with Gasteiger partial charge in [0.25, 0.3) is 10.0 Å². The highest BCUT2D eigenvalue weighted by Gasteiger charge is 2.51. The van der Waals surface area contributed by atoms with Crippen LogP contribution in [0.15, 0.2) is 69.3 Å². The summed E-state index contributed by atoms with van der Waals surface area (Å²) in [5.41, 5.74) is -2.69. The average Bonchev–Trinajstić information content (AvgIpc) is 2.89. The Bertz CT molecular complexity index is 1790. The van der Waals surface area contributed by atoms with Gasteiger partial charge in [0.05, 0.1) is 5.69 Å². The smallest absolute Gasteiger partial charge is 0.412 e. The number of aliphatic hydroxyl groups is 1. The molecule has 2 aliphatic rings. The standard InChI is InChI=1S/C29H34N4O8S2/c1-7-42(37,38)33-29(15-14-17(2)3)20-11-9-8-10-19(20)24(34)23(25(29)35)26-31-21-13-12-18(16-22(21)43(39,40)32-26)30-27(36)41-28(4,5)6/h7-13,16-17,33-34H,1,14-15H2,2-6H3,(H,30,36)(H,31,32). The average molecular weight is 631 g/mol. The van der Waals surface area contributed by atoms with Crippen molar-refractivity contribution in [3.05, 3.63) is 71.2 Å². The second-order valence-electron chi connectivity index (χ2n) is 11.6. The molecule has 0 radical (unpaired) electrons. The quantitative estimate of drug-likeness (QED) is 0.319. The first kappa shape index (κ1) is 31.9. The van der Waals surface area contributed by atoms with Gasteiger partial charge in [-0.25, -0.2) is 13.2 Å². The minimum atomic E-state index is -4.48. The summed E-state index contributed by atoms with van der Waals surface area (Å²) in [6.45, 7) is 12.2. The Morgan fingerprint density at radius 1 is 1.21 bits per heavy atom. The summed E-state index contributed by atoms with van der Waals surface area (Å²) in [5, 5.41) is 17.3. The lowest BCUT2D eigenvalue weighted by Crippen LogP contribution is -2.55. The fourth-order valence-electron chi connectivity index (χ4n) is 4.82. The number of amides is 1. The number of Topliss-reactive ketones (excluding diaryl/α,β-unsaturated/α-hetero) is 1. The lowest BCUT2D eigenvalue weighted by molar-refractivity contribution is -0.121. The first-order chi connectivity index (χ1) is 19.9. The zero-order valence-electron chi connectivity index (χ0n) is 24.4. The summed E-state index contributed by atoms with van der Waals surface area (Å²) >= 11 is 0. The number of carbonyl (C=O) groups excluding carboxylic acids is 2. The molecule has 4 rings (SSSR count). The highest BCUT2D eigenvalue weighted by molar-refractivity contribution is 7.92. The predicted molar refractivity (Wildman–Crippen MR) is 164 cm³/mol. The van der Waals surface area contributed by atoms with E-state index in [1.807, 2.05) is 13.8 Å². The van der Waals surface area contributed by atoms with Gasteiger partial charge < -0.3 is 15.2 Å². The minimum absolute atomic E-state index is 0.000670. The molecule has 4 N–H and O–H groups in total. The third kappa shape index (κ3) is 6.50. The number of hydrogen-bond donors (Lipinski definition) is 4. The number of aliphatic hydroxyl groups excluding tert-OH is 1. The number of benzene rings is 2. The molecule has 0 bridgehead atoms. The Hall–Kier alpha value is -4.01. The van der Waals surface area contributed by atoms with Crippen molar-refractivity contribution in [1.82, 2.24) is 4.72 Å². The zero-order chi connectivity index (χ0) is 32.0. The van der Waals surface area contributed by atoms with Crippen LogP contribution in [0.5, 0.6) is 0 Å². The number of nitrogens with one attached hydrogen (secondary N) is 3. The van der Waals surface area contributed by atoms with Crippen molar-refractivity contribution in [2.75, 3.05) is 10.6 Å². The number of anilines is 2. The van der Waals surface area contributed by atoms with E-state index in [-0.39, 0.29) is 39.7 Å². The number of amidine groups is 1. The van der Waals surface area contributed by atoms with Gasteiger partial charge in [0.1, 0.15) is 27.4 Å². The van der Waals surface area contributed by atoms with E-state index >= 15 is 0 Å². The molecule has 1 atom stereocenters. The molecular weight excluding hydrogens is 596 g/mol. The van der Waals surface area contributed by atoms with Crippen LogP contribution < -0.4 is 15.4 Å². The molecule has 1 unspecified atom stereocenters. The summed E-state index contributed by atoms with van der Waals surface area (Å²) in [6, 6.07) is 10.2. The maximum absolute atomic E-state index is 14.4. The maximum atomic E-state index is 14.4. The Labute approximate surface area is 251 Å². The second kappa shape index (κ2) is 11.2. The Balaban J connectivity index is 1.84. The number of hydrogen-bond acceptors (Lipinski definition) is 9. The van der Waals surface area contributed by atoms with Crippen LogP contribution in [0.2, 0.25) is 0 Å². The van der Waals surface area contributed by atoms with Crippen molar-refractivity contribution in [1.29, 1.82) is 0 Å². The number of fused-ring (bicyclic) bond motifs is 2. The van der Waals surface area contributed by atoms with Crippen LogP contribution in [0.4, 0.5) is 16.2 Å². The van der Waals surface area contributed by atoms with Crippen LogP contribution in [-0.2, 0) is 35.1 Å². The largest absolute Gasteiger partial charge is 0.506 e. The van der Waals surface area contributed by atoms with Crippen molar-refractivity contribution >= 4 is 54.9 Å². The lowest BCUT2D eigenvalue weighted by Gasteiger charge is -2.39. The number of ether oxygens (including phenoxy) is 1. The summed E-state index contributed by atoms with van der Waals surface area (Å²) in [5.74, 6) is -1.87. The van der Waals surface area contributed by atoms with Crippen LogP contribution in [0.1, 0.15) is 58.6 Å². The molecule has 2 aromatic rings. The van der Waals surface area contributed by atoms with Gasteiger partial charge in [-0.1, -0.05) is 44.7 Å². The van der Waals surface area contributed by atoms with Crippen LogP contribution in [0, 0.1) is 5.92 Å². The fourth-order valence-corrected chi connectivity index (χ4v) is 6.84. The molecule has 14 heteroatoms. The molecule has 2 aromatic carbocycles. The van der Waals surface area contributed by atoms with Crippen molar-refractivity contribution in [3.63, 3.8) is 0 Å². The summed E-state index contributed by atoms with van der Waals surface area (Å²) in [7, 11) is -8.68. The van der Waals surface area contributed by atoms with Gasteiger partial charge in [-0.05, 0) is 63.3 Å². The first-order valence-electron chi connectivity index (χ1n) is 13.4. The molecule has 0 spiro atoms. The van der Waals surface area contributed by atoms with Crippen molar-refractivity contribution < 1.29 is 36.3 Å². The van der Waals surface area contributed by atoms with Gasteiger partial charge in [0.2, 0.25) is 10.0 Å². The second-order valence-corrected chi connectivity index (χ2v) is 14.8. The SMILES string of the molecule is C=CS(=O)(=O)NC1(CCC(C)C)C(=O)C(C2=NS(=O)(=O)c3cc(NC(=O)OC(C)(C)C)ccc3N2)=C(O)c2ccccc21. The van der Waals surface area contributed by atoms with Crippen LogP contribution in [0.3, 0.4) is 0 Å². The predicted octanol–water partition coefficient (Wildman–Crippen LogP) is 4.79. The molecule has 0 saturated heterocycles. The van der Waals surface area contributed by atoms with E-state index in [0.717, 1.165) is 0 Å². The highest BCUT2D eigenvalue weighted by atomic mass is 32.2. The molecule has 1 aliphatic heterocycles. The monoisotopic (exact) mass is 630 g/mol. The fraction of sp³-hybridized carbons (Fsp3) is 0.345. The van der Waals surface area contributed by atoms with Gasteiger partial charge in [-0.3, -0.25) is 10.1 Å². The Kier molecular flexibility index (Phi) is 8.35. The minimum Gasteiger partial charge on any atom is -0.506 e. The van der Waals surface area contributed by atoms with Gasteiger partial charge in [-0.15, -0.1) is 4.40 Å². The van der Waals surface area contributed by atoms with Crippen LogP contribution in [-0.4, -0.2) is 45.3 Å². The lowest BCUT2D eigenvalue weighted by atomic mass is 9.72. The molecule has 0 aromatic heterocycles. The van der Waals surface area contributed by atoms with Gasteiger partial charge in [-0.2, -0.15) is 13.1 Å². The molecule has 0 fully saturated rings. The maximum Gasteiger partial charge on any atom is 0.412 e. The van der Waals surface area contributed by atoms with Gasteiger partial charge in [0.15, 0.2) is 11.6 Å². The zero-order valence-corrected chi connectivity index (χ0v) is 26.0. The molecular formula is C29H34N4O8S2. The van der Waals surface area contributed by atoms with Crippen LogP contribution >= 0.6 is 0 Å². The van der Waals surface area contributed by atoms with Crippen molar-refractivity contribution in [3.8, 4) is 0 Å². The molecule has 0 saturated carbocycles. The highest BCUT2D eigenvalue weighted by Crippen LogP contribution is 2.43. The third-order valence-electron chi connectivity index (χ3n) is 6.73. The van der Waals surface area contributed by atoms with Gasteiger partial charge in [0, 0.05) is 16.7 Å². The number of nitrogens with zero attached hydrogens (tertiary/aromatic N) is 1. The van der Waals surface area contributed by atoms with Crippen molar-refractivity contribution in [2.24, 2.45) is 10.3 Å². The van der Waals surface area contributed by atoms with Crippen molar-refractivity contribution in [2.45, 2.75) is 63.5 Å².